The molecule has 10 heteroatoms. The number of imide groups is 1. The van der Waals surface area contributed by atoms with Crippen LogP contribution in [0, 0.1) is 0 Å². The van der Waals surface area contributed by atoms with Gasteiger partial charge in [0.1, 0.15) is 11.8 Å². The third kappa shape index (κ3) is 9.81. The number of nitrogens with two attached hydrogens (primary N) is 1. The summed E-state index contributed by atoms with van der Waals surface area (Å²) in [6, 6.07) is 27.2. The maximum atomic E-state index is 14.2. The molecule has 0 aliphatic heterocycles. The van der Waals surface area contributed by atoms with E-state index in [0.717, 1.165) is 27.2 Å². The van der Waals surface area contributed by atoms with Crippen LogP contribution in [-0.2, 0) is 30.7 Å². The average Bonchev–Trinajstić information content (AvgIpc) is 3.05. The number of carbonyl (C=O) groups excluding carboxylic acids is 3. The van der Waals surface area contributed by atoms with Crippen molar-refractivity contribution >= 4 is 41.0 Å². The van der Waals surface area contributed by atoms with Gasteiger partial charge < -0.3 is 21.1 Å². The van der Waals surface area contributed by atoms with Gasteiger partial charge in [-0.25, -0.2) is 4.79 Å². The lowest BCUT2D eigenvalue weighted by molar-refractivity contribution is -0.130. The van der Waals surface area contributed by atoms with Crippen LogP contribution in [-0.4, -0.2) is 41.9 Å². The zero-order valence-electron chi connectivity index (χ0n) is 25.0. The van der Waals surface area contributed by atoms with E-state index in [-0.39, 0.29) is 30.1 Å². The number of benzene rings is 4. The molecule has 4 aromatic rings. The highest BCUT2D eigenvalue weighted by Crippen LogP contribution is 2.22. The van der Waals surface area contributed by atoms with E-state index in [9.17, 15) is 14.4 Å². The first-order valence-electron chi connectivity index (χ1n) is 14.7. The summed E-state index contributed by atoms with van der Waals surface area (Å²) < 4.78 is 5.55. The largest absolute Gasteiger partial charge is 0.494 e. The fraction of sp³-hybridized carbons (Fsp3) is 0.229. The monoisotopic (exact) mass is 646 g/mol. The van der Waals surface area contributed by atoms with Crippen LogP contribution in [0.15, 0.2) is 97.1 Å². The second kappa shape index (κ2) is 16.6. The summed E-state index contributed by atoms with van der Waals surface area (Å²) in [4.78, 5) is 42.4. The van der Waals surface area contributed by atoms with Gasteiger partial charge in [-0.15, -0.1) is 0 Å². The number of rotatable bonds is 13. The van der Waals surface area contributed by atoms with Gasteiger partial charge in [0.2, 0.25) is 0 Å². The molecule has 0 radical (unpaired) electrons. The Morgan fingerprint density at radius 1 is 0.844 bits per heavy atom. The molecule has 8 nitrogen and oxygen atoms in total. The first-order chi connectivity index (χ1) is 21.8. The molecule has 0 saturated carbocycles. The normalized spacial score (nSPS) is 11.4. The van der Waals surface area contributed by atoms with E-state index in [1.807, 2.05) is 73.7 Å². The van der Waals surface area contributed by atoms with Gasteiger partial charge in [0.05, 0.1) is 17.2 Å². The summed E-state index contributed by atoms with van der Waals surface area (Å²) >= 11 is 12.4. The van der Waals surface area contributed by atoms with Crippen LogP contribution in [0.4, 0.5) is 4.79 Å². The fourth-order valence-corrected chi connectivity index (χ4v) is 5.18. The van der Waals surface area contributed by atoms with Crippen LogP contribution >= 0.6 is 23.2 Å². The van der Waals surface area contributed by atoms with Gasteiger partial charge in [-0.3, -0.25) is 14.5 Å². The van der Waals surface area contributed by atoms with Crippen LogP contribution < -0.4 is 21.1 Å². The van der Waals surface area contributed by atoms with Gasteiger partial charge in [0.15, 0.2) is 0 Å². The van der Waals surface area contributed by atoms with E-state index >= 15 is 0 Å². The molecule has 4 N–H and O–H groups in total. The maximum Gasteiger partial charge on any atom is 0.324 e. The predicted molar refractivity (Wildman–Crippen MR) is 177 cm³/mol. The minimum absolute atomic E-state index is 0.0954. The van der Waals surface area contributed by atoms with Gasteiger partial charge in [-0.1, -0.05) is 89.9 Å². The molecule has 4 rings (SSSR count). The first kappa shape index (κ1) is 33.5. The topological polar surface area (TPSA) is 114 Å². The number of halogens is 2. The van der Waals surface area contributed by atoms with Gasteiger partial charge in [-0.05, 0) is 65.9 Å². The Bertz CT molecular complexity index is 1580. The van der Waals surface area contributed by atoms with E-state index in [2.05, 4.69) is 10.6 Å². The van der Waals surface area contributed by atoms with Crippen LogP contribution in [0.5, 0.6) is 5.75 Å². The first-order valence-corrected chi connectivity index (χ1v) is 15.4. The molecular formula is C35H36Cl2N4O4. The van der Waals surface area contributed by atoms with Crippen LogP contribution in [0.3, 0.4) is 0 Å². The molecule has 0 spiro atoms. The Balaban J connectivity index is 1.61. The van der Waals surface area contributed by atoms with Crippen molar-refractivity contribution in [3.8, 4) is 5.75 Å². The Morgan fingerprint density at radius 3 is 2.16 bits per heavy atom. The lowest BCUT2D eigenvalue weighted by Gasteiger charge is -2.27. The smallest absolute Gasteiger partial charge is 0.324 e. The van der Waals surface area contributed by atoms with Crippen LogP contribution in [0.25, 0.3) is 0 Å². The lowest BCUT2D eigenvalue weighted by Crippen LogP contribution is -2.54. The molecule has 0 heterocycles. The molecule has 45 heavy (non-hydrogen) atoms. The van der Waals surface area contributed by atoms with Crippen LogP contribution in [0.1, 0.15) is 39.5 Å². The number of nitrogens with zero attached hydrogens (tertiary/aromatic N) is 1. The Hall–Kier alpha value is -4.37. The summed E-state index contributed by atoms with van der Waals surface area (Å²) in [5.41, 5.74) is 9.41. The summed E-state index contributed by atoms with van der Waals surface area (Å²) in [5, 5.41) is 6.21. The molecular weight excluding hydrogens is 611 g/mol. The Kier molecular flexibility index (Phi) is 12.4. The van der Waals surface area contributed by atoms with Gasteiger partial charge >= 0.3 is 6.03 Å². The zero-order valence-corrected chi connectivity index (χ0v) is 26.5. The summed E-state index contributed by atoms with van der Waals surface area (Å²) in [5.74, 6) is -0.442. The SMILES string of the molecule is CCOc1ccc(C[C@@H](NC(=O)c2ccc(Cl)cc2Cl)C(=O)N(CCc2ccccc2)C(=O)NCc2ccc(CN)cc2)cc1. The highest BCUT2D eigenvalue weighted by Gasteiger charge is 2.31. The highest BCUT2D eigenvalue weighted by atomic mass is 35.5. The van der Waals surface area contributed by atoms with Gasteiger partial charge in [0.25, 0.3) is 11.8 Å². The van der Waals surface area contributed by atoms with Crippen molar-refractivity contribution in [2.45, 2.75) is 38.9 Å². The third-order valence-electron chi connectivity index (χ3n) is 7.13. The number of hydrogen-bond donors (Lipinski definition) is 3. The van der Waals surface area contributed by atoms with Crippen molar-refractivity contribution in [2.75, 3.05) is 13.2 Å². The van der Waals surface area contributed by atoms with Crippen LogP contribution in [0.2, 0.25) is 10.0 Å². The molecule has 234 valence electrons. The van der Waals surface area contributed by atoms with Gasteiger partial charge in [0, 0.05) is 31.1 Å². The molecule has 0 saturated heterocycles. The number of urea groups is 1. The minimum Gasteiger partial charge on any atom is -0.494 e. The molecule has 4 aromatic carbocycles. The quantitative estimate of drug-likeness (QED) is 0.161. The molecule has 0 aromatic heterocycles. The van der Waals surface area contributed by atoms with Crippen molar-refractivity contribution < 1.29 is 19.1 Å². The van der Waals surface area contributed by atoms with E-state index < -0.39 is 23.9 Å². The average molecular weight is 648 g/mol. The number of amides is 4. The summed E-state index contributed by atoms with van der Waals surface area (Å²) in [6.45, 7) is 3.12. The van der Waals surface area contributed by atoms with E-state index in [0.29, 0.717) is 30.3 Å². The third-order valence-corrected chi connectivity index (χ3v) is 7.68. The second-order valence-corrected chi connectivity index (χ2v) is 11.2. The predicted octanol–water partition coefficient (Wildman–Crippen LogP) is 6.17. The molecule has 0 aliphatic carbocycles. The van der Waals surface area contributed by atoms with Crippen molar-refractivity contribution in [1.29, 1.82) is 0 Å². The number of hydrogen-bond acceptors (Lipinski definition) is 5. The van der Waals surface area contributed by atoms with Crippen molar-refractivity contribution in [2.24, 2.45) is 5.73 Å². The standard InChI is InChI=1S/C35H36Cl2N4O4/c1-2-45-29-15-12-25(13-16-29)20-32(40-33(42)30-17-14-28(36)21-31(30)37)34(43)41(19-18-24-6-4-3-5-7-24)35(44)39-23-27-10-8-26(22-38)9-11-27/h3-17,21,32H,2,18-20,22-23,38H2,1H3,(H,39,44)(H,40,42)/t32-/m1/s1. The second-order valence-electron chi connectivity index (χ2n) is 10.3. The van der Waals surface area contributed by atoms with E-state index in [1.54, 1.807) is 18.2 Å². The molecule has 0 unspecified atom stereocenters. The zero-order chi connectivity index (χ0) is 32.2. The molecule has 0 aliphatic rings. The highest BCUT2D eigenvalue weighted by molar-refractivity contribution is 6.36. The maximum absolute atomic E-state index is 14.2. The summed E-state index contributed by atoms with van der Waals surface area (Å²) in [6.07, 6.45) is 0.551. The lowest BCUT2D eigenvalue weighted by atomic mass is 10.0. The summed E-state index contributed by atoms with van der Waals surface area (Å²) in [7, 11) is 0. The van der Waals surface area contributed by atoms with Crippen molar-refractivity contribution in [3.05, 3.63) is 135 Å². The number of nitrogens with one attached hydrogen (secondary N) is 2. The number of ether oxygens (including phenoxy) is 1. The molecule has 0 bridgehead atoms. The molecule has 1 atom stereocenters. The Morgan fingerprint density at radius 2 is 1.51 bits per heavy atom. The minimum atomic E-state index is -1.09. The van der Waals surface area contributed by atoms with E-state index in [4.69, 9.17) is 33.7 Å². The Labute approximate surface area is 273 Å². The van der Waals surface area contributed by atoms with E-state index in [1.165, 1.54) is 12.1 Å². The molecule has 0 fully saturated rings. The number of carbonyl (C=O) groups is 3. The van der Waals surface area contributed by atoms with Gasteiger partial charge in [-0.2, -0.15) is 0 Å². The van der Waals surface area contributed by atoms with Crippen molar-refractivity contribution in [1.82, 2.24) is 15.5 Å². The van der Waals surface area contributed by atoms with Crippen molar-refractivity contribution in [3.63, 3.8) is 0 Å². The molecule has 4 amide bonds. The fourth-order valence-electron chi connectivity index (χ4n) is 4.69.